The standard InChI is InChI=1S/C13H24N2O4S/c1-3-14-13(12(16)17,11-4-5-11)9-15-6-7-20(18,19)8-10(15)2/h10-11,14H,3-9H2,1-2H3,(H,16,17). The van der Waals surface area contributed by atoms with Gasteiger partial charge >= 0.3 is 5.97 Å². The summed E-state index contributed by atoms with van der Waals surface area (Å²) in [5, 5.41) is 12.8. The maximum Gasteiger partial charge on any atom is 0.325 e. The number of carboxylic acids is 1. The lowest BCUT2D eigenvalue weighted by Crippen LogP contribution is -2.63. The van der Waals surface area contributed by atoms with Crippen LogP contribution in [0.15, 0.2) is 0 Å². The summed E-state index contributed by atoms with van der Waals surface area (Å²) in [7, 11) is -2.97. The average molecular weight is 304 g/mol. The molecule has 6 nitrogen and oxygen atoms in total. The van der Waals surface area contributed by atoms with Gasteiger partial charge in [-0.2, -0.15) is 0 Å². The third-order valence-corrected chi connectivity index (χ3v) is 6.20. The van der Waals surface area contributed by atoms with Crippen molar-refractivity contribution < 1.29 is 18.3 Å². The van der Waals surface area contributed by atoms with Gasteiger partial charge in [0.1, 0.15) is 5.54 Å². The molecule has 0 bridgehead atoms. The minimum atomic E-state index is -2.97. The van der Waals surface area contributed by atoms with Crippen molar-refractivity contribution in [3.8, 4) is 0 Å². The number of likely N-dealkylation sites (N-methyl/N-ethyl adjacent to an activating group) is 1. The molecule has 1 saturated carbocycles. The first-order valence-corrected chi connectivity index (χ1v) is 9.06. The van der Waals surface area contributed by atoms with E-state index < -0.39 is 21.3 Å². The molecule has 1 aliphatic carbocycles. The van der Waals surface area contributed by atoms with Gasteiger partial charge in [0.2, 0.25) is 0 Å². The molecule has 0 spiro atoms. The fourth-order valence-electron chi connectivity index (χ4n) is 3.13. The zero-order valence-electron chi connectivity index (χ0n) is 12.1. The number of nitrogens with zero attached hydrogens (tertiary/aromatic N) is 1. The zero-order valence-corrected chi connectivity index (χ0v) is 12.9. The van der Waals surface area contributed by atoms with E-state index in [1.54, 1.807) is 0 Å². The van der Waals surface area contributed by atoms with Gasteiger partial charge in [0, 0.05) is 19.1 Å². The number of hydrogen-bond acceptors (Lipinski definition) is 5. The van der Waals surface area contributed by atoms with Crippen LogP contribution in [0.2, 0.25) is 0 Å². The summed E-state index contributed by atoms with van der Waals surface area (Å²) in [6, 6.07) is -0.120. The Bertz CT molecular complexity index is 475. The van der Waals surface area contributed by atoms with Crippen molar-refractivity contribution in [2.45, 2.75) is 38.3 Å². The second-order valence-electron chi connectivity index (χ2n) is 6.01. The highest BCUT2D eigenvalue weighted by Crippen LogP contribution is 2.41. The normalized spacial score (nSPS) is 29.8. The second kappa shape index (κ2) is 5.61. The minimum Gasteiger partial charge on any atom is -0.480 e. The SMILES string of the molecule is CCNC(CN1CCS(=O)(=O)CC1C)(C(=O)O)C1CC1. The summed E-state index contributed by atoms with van der Waals surface area (Å²) in [5.74, 6) is -0.406. The monoisotopic (exact) mass is 304 g/mol. The van der Waals surface area contributed by atoms with Gasteiger partial charge in [0.25, 0.3) is 0 Å². The van der Waals surface area contributed by atoms with Crippen LogP contribution in [0, 0.1) is 5.92 Å². The number of aliphatic carboxylic acids is 1. The number of sulfone groups is 1. The van der Waals surface area contributed by atoms with E-state index in [0.29, 0.717) is 19.6 Å². The maximum absolute atomic E-state index is 11.8. The van der Waals surface area contributed by atoms with Gasteiger partial charge < -0.3 is 10.4 Å². The highest BCUT2D eigenvalue weighted by molar-refractivity contribution is 7.91. The predicted molar refractivity (Wildman–Crippen MR) is 76.5 cm³/mol. The van der Waals surface area contributed by atoms with Gasteiger partial charge in [-0.1, -0.05) is 6.92 Å². The Balaban J connectivity index is 2.14. The number of carboxylic acid groups (broad SMARTS) is 1. The summed E-state index contributed by atoms with van der Waals surface area (Å²) in [4.78, 5) is 13.8. The Kier molecular flexibility index (Phi) is 4.41. The van der Waals surface area contributed by atoms with Crippen LogP contribution in [-0.4, -0.2) is 67.1 Å². The zero-order chi connectivity index (χ0) is 15.0. The number of carbonyl (C=O) groups is 1. The third-order valence-electron chi connectivity index (χ3n) is 4.41. The summed E-state index contributed by atoms with van der Waals surface area (Å²) in [5.41, 5.74) is -0.926. The van der Waals surface area contributed by atoms with E-state index in [4.69, 9.17) is 0 Å². The van der Waals surface area contributed by atoms with Crippen LogP contribution in [0.5, 0.6) is 0 Å². The average Bonchev–Trinajstić information content (AvgIpc) is 3.15. The largest absolute Gasteiger partial charge is 0.480 e. The summed E-state index contributed by atoms with van der Waals surface area (Å²) < 4.78 is 23.2. The molecule has 0 amide bonds. The second-order valence-corrected chi connectivity index (χ2v) is 8.24. The van der Waals surface area contributed by atoms with Gasteiger partial charge in [-0.15, -0.1) is 0 Å². The molecule has 0 aromatic carbocycles. The van der Waals surface area contributed by atoms with Crippen LogP contribution in [0.4, 0.5) is 0 Å². The van der Waals surface area contributed by atoms with E-state index in [1.165, 1.54) is 0 Å². The lowest BCUT2D eigenvalue weighted by Gasteiger charge is -2.40. The fraction of sp³-hybridized carbons (Fsp3) is 0.923. The van der Waals surface area contributed by atoms with Crippen LogP contribution in [0.3, 0.4) is 0 Å². The molecule has 1 aliphatic heterocycles. The first kappa shape index (κ1) is 15.7. The van der Waals surface area contributed by atoms with Crippen molar-refractivity contribution in [3.63, 3.8) is 0 Å². The van der Waals surface area contributed by atoms with Crippen LogP contribution < -0.4 is 5.32 Å². The van der Waals surface area contributed by atoms with E-state index in [0.717, 1.165) is 12.8 Å². The summed E-state index contributed by atoms with van der Waals surface area (Å²) in [6.07, 6.45) is 1.86. The van der Waals surface area contributed by atoms with E-state index in [-0.39, 0.29) is 23.5 Å². The van der Waals surface area contributed by atoms with Crippen molar-refractivity contribution in [2.75, 3.05) is 31.1 Å². The highest BCUT2D eigenvalue weighted by atomic mass is 32.2. The van der Waals surface area contributed by atoms with Crippen LogP contribution in [0.1, 0.15) is 26.7 Å². The molecule has 7 heteroatoms. The van der Waals surface area contributed by atoms with Crippen LogP contribution in [-0.2, 0) is 14.6 Å². The minimum absolute atomic E-state index is 0.120. The molecule has 2 atom stereocenters. The molecule has 0 aromatic rings. The Labute approximate surface area is 120 Å². The van der Waals surface area contributed by atoms with Gasteiger partial charge in [-0.05, 0) is 32.2 Å². The van der Waals surface area contributed by atoms with Crippen molar-refractivity contribution >= 4 is 15.8 Å². The molecule has 0 aromatic heterocycles. The highest BCUT2D eigenvalue weighted by Gasteiger charge is 2.52. The quantitative estimate of drug-likeness (QED) is 0.715. The molecule has 2 N–H and O–H groups in total. The molecule has 1 saturated heterocycles. The molecule has 2 fully saturated rings. The van der Waals surface area contributed by atoms with E-state index in [1.807, 2.05) is 18.7 Å². The molecule has 1 heterocycles. The summed E-state index contributed by atoms with van der Waals surface area (Å²) in [6.45, 7) is 5.18. The van der Waals surface area contributed by atoms with Crippen molar-refractivity contribution in [1.29, 1.82) is 0 Å². The van der Waals surface area contributed by atoms with Gasteiger partial charge in [0.15, 0.2) is 9.84 Å². The van der Waals surface area contributed by atoms with Crippen LogP contribution in [0.25, 0.3) is 0 Å². The number of rotatable bonds is 6. The molecule has 2 aliphatic rings. The Morgan fingerprint density at radius 1 is 1.45 bits per heavy atom. The van der Waals surface area contributed by atoms with E-state index in [9.17, 15) is 18.3 Å². The molecule has 0 radical (unpaired) electrons. The lowest BCUT2D eigenvalue weighted by atomic mass is 9.91. The maximum atomic E-state index is 11.8. The Morgan fingerprint density at radius 3 is 2.55 bits per heavy atom. The number of hydrogen-bond donors (Lipinski definition) is 2. The smallest absolute Gasteiger partial charge is 0.325 e. The van der Waals surface area contributed by atoms with Crippen molar-refractivity contribution in [1.82, 2.24) is 10.2 Å². The van der Waals surface area contributed by atoms with E-state index in [2.05, 4.69) is 5.32 Å². The van der Waals surface area contributed by atoms with Gasteiger partial charge in [0.05, 0.1) is 11.5 Å². The molecule has 20 heavy (non-hydrogen) atoms. The predicted octanol–water partition coefficient (Wildman–Crippen LogP) is -0.0518. The first-order chi connectivity index (χ1) is 9.31. The Hall–Kier alpha value is -0.660. The van der Waals surface area contributed by atoms with Gasteiger partial charge in [-0.3, -0.25) is 9.69 Å². The lowest BCUT2D eigenvalue weighted by molar-refractivity contribution is -0.147. The first-order valence-electron chi connectivity index (χ1n) is 7.23. The summed E-state index contributed by atoms with van der Waals surface area (Å²) >= 11 is 0. The molecule has 116 valence electrons. The fourth-order valence-corrected chi connectivity index (χ4v) is 4.75. The molecular weight excluding hydrogens is 280 g/mol. The van der Waals surface area contributed by atoms with Gasteiger partial charge in [-0.25, -0.2) is 8.42 Å². The van der Waals surface area contributed by atoms with Crippen LogP contribution >= 0.6 is 0 Å². The third kappa shape index (κ3) is 3.15. The Morgan fingerprint density at radius 2 is 2.10 bits per heavy atom. The van der Waals surface area contributed by atoms with Crippen molar-refractivity contribution in [2.24, 2.45) is 5.92 Å². The number of nitrogens with one attached hydrogen (secondary N) is 1. The topological polar surface area (TPSA) is 86.7 Å². The van der Waals surface area contributed by atoms with Crippen molar-refractivity contribution in [3.05, 3.63) is 0 Å². The molecule has 2 unspecified atom stereocenters. The van der Waals surface area contributed by atoms with E-state index >= 15 is 0 Å². The molecular formula is C13H24N2O4S. The molecule has 2 rings (SSSR count).